The number of sulfonamides is 1. The number of nitrogens with two attached hydrogens (primary N) is 1. The van der Waals surface area contributed by atoms with E-state index in [0.29, 0.717) is 16.1 Å². The number of primary sulfonamides is 1. The summed E-state index contributed by atoms with van der Waals surface area (Å²) in [6, 6.07) is 7.92. The van der Waals surface area contributed by atoms with Crippen LogP contribution in [0.4, 0.5) is 0 Å². The number of ether oxygens (including phenoxy) is 2. The smallest absolute Gasteiger partial charge is 0.238 e. The van der Waals surface area contributed by atoms with Crippen molar-refractivity contribution >= 4 is 26.0 Å². The second-order valence-corrected chi connectivity index (χ2v) is 6.51. The molecule has 0 atom stereocenters. The van der Waals surface area contributed by atoms with Crippen LogP contribution in [-0.4, -0.2) is 20.5 Å². The third kappa shape index (κ3) is 3.93. The molecule has 0 unspecified atom stereocenters. The number of hydrogen-bond donors (Lipinski definition) is 1. The van der Waals surface area contributed by atoms with Gasteiger partial charge in [0, 0.05) is 6.20 Å². The minimum atomic E-state index is -3.74. The first kappa shape index (κ1) is 15.7. The third-order valence-corrected chi connectivity index (χ3v) is 4.19. The van der Waals surface area contributed by atoms with Crippen molar-refractivity contribution in [2.75, 3.05) is 7.11 Å². The largest absolute Gasteiger partial charge is 0.488 e. The molecule has 2 aromatic rings. The van der Waals surface area contributed by atoms with Crippen molar-refractivity contribution in [2.45, 2.75) is 11.5 Å². The van der Waals surface area contributed by atoms with Gasteiger partial charge >= 0.3 is 0 Å². The van der Waals surface area contributed by atoms with E-state index in [1.807, 2.05) is 6.07 Å². The van der Waals surface area contributed by atoms with Crippen LogP contribution >= 0.6 is 15.9 Å². The Morgan fingerprint density at radius 3 is 2.71 bits per heavy atom. The Balaban J connectivity index is 2.17. The van der Waals surface area contributed by atoms with Crippen molar-refractivity contribution < 1.29 is 17.9 Å². The summed E-state index contributed by atoms with van der Waals surface area (Å²) in [7, 11) is -2.21. The van der Waals surface area contributed by atoms with Gasteiger partial charge in [-0.1, -0.05) is 0 Å². The summed E-state index contributed by atoms with van der Waals surface area (Å²) in [5.41, 5.74) is 0.780. The predicted octanol–water partition coefficient (Wildman–Crippen LogP) is 2.08. The van der Waals surface area contributed by atoms with Gasteiger partial charge in [0.05, 0.1) is 22.0 Å². The fraction of sp³-hybridized carbons (Fsp3) is 0.154. The molecule has 0 radical (unpaired) electrons. The van der Waals surface area contributed by atoms with E-state index in [4.69, 9.17) is 14.6 Å². The summed E-state index contributed by atoms with van der Waals surface area (Å²) >= 11 is 3.26. The minimum Gasteiger partial charge on any atom is -0.488 e. The molecule has 112 valence electrons. The molecular weight excluding hydrogens is 360 g/mol. The van der Waals surface area contributed by atoms with Crippen molar-refractivity contribution in [3.8, 4) is 11.6 Å². The SMILES string of the molecule is COc1ncccc1COc1ccc(S(N)(=O)=O)cc1Br. The molecule has 6 nitrogen and oxygen atoms in total. The molecule has 21 heavy (non-hydrogen) atoms. The molecule has 1 aromatic carbocycles. The van der Waals surface area contributed by atoms with Gasteiger partial charge < -0.3 is 9.47 Å². The molecule has 2 N–H and O–H groups in total. The lowest BCUT2D eigenvalue weighted by atomic mass is 10.3. The topological polar surface area (TPSA) is 91.5 Å². The molecule has 2 rings (SSSR count). The first-order valence-electron chi connectivity index (χ1n) is 5.85. The van der Waals surface area contributed by atoms with E-state index in [2.05, 4.69) is 20.9 Å². The molecule has 1 aromatic heterocycles. The highest BCUT2D eigenvalue weighted by Crippen LogP contribution is 2.28. The number of methoxy groups -OCH3 is 1. The zero-order valence-corrected chi connectivity index (χ0v) is 13.5. The number of aromatic nitrogens is 1. The average Bonchev–Trinajstić information content (AvgIpc) is 2.45. The number of hydrogen-bond acceptors (Lipinski definition) is 5. The van der Waals surface area contributed by atoms with Crippen LogP contribution in [0, 0.1) is 0 Å². The summed E-state index contributed by atoms with van der Waals surface area (Å²) in [6.45, 7) is 0.240. The van der Waals surface area contributed by atoms with Crippen LogP contribution in [0.1, 0.15) is 5.56 Å². The summed E-state index contributed by atoms with van der Waals surface area (Å²) < 4.78 is 33.8. The normalized spacial score (nSPS) is 11.2. The number of nitrogens with zero attached hydrogens (tertiary/aromatic N) is 1. The average molecular weight is 373 g/mol. The van der Waals surface area contributed by atoms with Crippen molar-refractivity contribution in [1.29, 1.82) is 0 Å². The van der Waals surface area contributed by atoms with Gasteiger partial charge in [0.25, 0.3) is 0 Å². The Morgan fingerprint density at radius 1 is 1.33 bits per heavy atom. The van der Waals surface area contributed by atoms with Crippen LogP contribution in [0.3, 0.4) is 0 Å². The standard InChI is InChI=1S/C13H13BrN2O4S/c1-19-13-9(3-2-6-16-13)8-20-12-5-4-10(7-11(12)14)21(15,17)18/h2-7H,8H2,1H3,(H2,15,17,18). The van der Waals surface area contributed by atoms with Gasteiger partial charge in [0.2, 0.25) is 15.9 Å². The molecule has 0 saturated carbocycles. The van der Waals surface area contributed by atoms with Crippen LogP contribution in [0.25, 0.3) is 0 Å². The van der Waals surface area contributed by atoms with Crippen LogP contribution < -0.4 is 14.6 Å². The van der Waals surface area contributed by atoms with E-state index >= 15 is 0 Å². The maximum absolute atomic E-state index is 11.3. The van der Waals surface area contributed by atoms with Crippen molar-refractivity contribution in [1.82, 2.24) is 4.98 Å². The maximum atomic E-state index is 11.3. The number of rotatable bonds is 5. The third-order valence-electron chi connectivity index (χ3n) is 2.66. The van der Waals surface area contributed by atoms with Crippen molar-refractivity contribution in [3.05, 3.63) is 46.6 Å². The quantitative estimate of drug-likeness (QED) is 0.867. The highest BCUT2D eigenvalue weighted by molar-refractivity contribution is 9.10. The molecular formula is C13H13BrN2O4S. The summed E-state index contributed by atoms with van der Waals surface area (Å²) in [6.07, 6.45) is 1.62. The number of benzene rings is 1. The maximum Gasteiger partial charge on any atom is 0.238 e. The molecule has 1 heterocycles. The predicted molar refractivity (Wildman–Crippen MR) is 80.6 cm³/mol. The molecule has 0 fully saturated rings. The molecule has 0 saturated heterocycles. The zero-order chi connectivity index (χ0) is 15.5. The molecule has 0 aliphatic heterocycles. The summed E-state index contributed by atoms with van der Waals surface area (Å²) in [5, 5.41) is 5.06. The number of halogens is 1. The lowest BCUT2D eigenvalue weighted by Crippen LogP contribution is -2.12. The Kier molecular flexibility index (Phi) is 4.81. The second kappa shape index (κ2) is 6.42. The molecule has 0 aliphatic rings. The Hall–Kier alpha value is -1.64. The highest BCUT2D eigenvalue weighted by atomic mass is 79.9. The van der Waals surface area contributed by atoms with Gasteiger partial charge in [-0.2, -0.15) is 0 Å². The van der Waals surface area contributed by atoms with E-state index in [1.165, 1.54) is 25.3 Å². The van der Waals surface area contributed by atoms with E-state index in [0.717, 1.165) is 5.56 Å². The first-order chi connectivity index (χ1) is 9.91. The van der Waals surface area contributed by atoms with Gasteiger partial charge in [-0.3, -0.25) is 0 Å². The molecule has 8 heteroatoms. The van der Waals surface area contributed by atoms with Gasteiger partial charge in [0.15, 0.2) is 0 Å². The minimum absolute atomic E-state index is 0.0145. The van der Waals surface area contributed by atoms with Gasteiger partial charge in [-0.15, -0.1) is 0 Å². The Bertz CT molecular complexity index is 750. The number of pyridine rings is 1. The van der Waals surface area contributed by atoms with Crippen LogP contribution in [0.15, 0.2) is 45.9 Å². The lowest BCUT2D eigenvalue weighted by Gasteiger charge is -2.11. The molecule has 0 aliphatic carbocycles. The van der Waals surface area contributed by atoms with E-state index < -0.39 is 10.0 Å². The first-order valence-corrected chi connectivity index (χ1v) is 8.19. The molecule has 0 spiro atoms. The van der Waals surface area contributed by atoms with E-state index in [9.17, 15) is 8.42 Å². The fourth-order valence-corrected chi connectivity index (χ4v) is 2.83. The van der Waals surface area contributed by atoms with Crippen LogP contribution in [0.2, 0.25) is 0 Å². The molecule has 0 bridgehead atoms. The summed E-state index contributed by atoms with van der Waals surface area (Å²) in [5.74, 6) is 0.975. The van der Waals surface area contributed by atoms with Crippen molar-refractivity contribution in [2.24, 2.45) is 5.14 Å². The Labute approximate surface area is 131 Å². The van der Waals surface area contributed by atoms with Crippen LogP contribution in [-0.2, 0) is 16.6 Å². The van der Waals surface area contributed by atoms with Gasteiger partial charge in [0.1, 0.15) is 12.4 Å². The second-order valence-electron chi connectivity index (χ2n) is 4.10. The Morgan fingerprint density at radius 2 is 2.10 bits per heavy atom. The van der Waals surface area contributed by atoms with Crippen LogP contribution in [0.5, 0.6) is 11.6 Å². The lowest BCUT2D eigenvalue weighted by molar-refractivity contribution is 0.292. The monoisotopic (exact) mass is 372 g/mol. The van der Waals surface area contributed by atoms with Gasteiger partial charge in [-0.05, 0) is 46.3 Å². The fourth-order valence-electron chi connectivity index (χ4n) is 1.65. The molecule has 0 amide bonds. The van der Waals surface area contributed by atoms with E-state index in [-0.39, 0.29) is 11.5 Å². The summed E-state index contributed by atoms with van der Waals surface area (Å²) in [4.78, 5) is 4.08. The highest BCUT2D eigenvalue weighted by Gasteiger charge is 2.12. The van der Waals surface area contributed by atoms with Crippen molar-refractivity contribution in [3.63, 3.8) is 0 Å². The van der Waals surface area contributed by atoms with Gasteiger partial charge in [-0.25, -0.2) is 18.5 Å². The van der Waals surface area contributed by atoms with E-state index in [1.54, 1.807) is 12.3 Å². The zero-order valence-electron chi connectivity index (χ0n) is 11.1.